The third-order valence-electron chi connectivity index (χ3n) is 6.28. The number of rotatable bonds is 6. The molecule has 2 aliphatic carbocycles. The molecule has 3 fully saturated rings. The maximum atomic E-state index is 13.3. The van der Waals surface area contributed by atoms with Gasteiger partial charge in [-0.2, -0.15) is 13.2 Å². The van der Waals surface area contributed by atoms with Crippen LogP contribution in [0.1, 0.15) is 36.0 Å². The van der Waals surface area contributed by atoms with Crippen molar-refractivity contribution in [3.05, 3.63) is 34.6 Å². The summed E-state index contributed by atoms with van der Waals surface area (Å²) in [6.07, 6.45) is -2.76. The monoisotopic (exact) mass is 447 g/mol. The van der Waals surface area contributed by atoms with E-state index in [1.54, 1.807) is 0 Å². The van der Waals surface area contributed by atoms with E-state index in [1.165, 1.54) is 6.07 Å². The van der Waals surface area contributed by atoms with Crippen molar-refractivity contribution in [2.24, 2.45) is 11.3 Å². The zero-order valence-electron chi connectivity index (χ0n) is 16.1. The fourth-order valence-electron chi connectivity index (χ4n) is 4.72. The number of halogens is 5. The van der Waals surface area contributed by atoms with E-state index in [2.05, 4.69) is 10.6 Å². The van der Waals surface area contributed by atoms with Crippen LogP contribution in [0.3, 0.4) is 0 Å². The first kappa shape index (κ1) is 21.4. The Kier molecular flexibility index (Phi) is 5.25. The summed E-state index contributed by atoms with van der Waals surface area (Å²) in [5.74, 6) is -1.26. The molecule has 164 valence electrons. The highest BCUT2D eigenvalue weighted by Gasteiger charge is 2.64. The Morgan fingerprint density at radius 3 is 2.40 bits per heavy atom. The van der Waals surface area contributed by atoms with Crippen molar-refractivity contribution in [1.29, 1.82) is 0 Å². The number of carbonyl (C=O) groups excluding carboxylic acids is 2. The van der Waals surface area contributed by atoms with Gasteiger partial charge in [-0.1, -0.05) is 11.6 Å². The average molecular weight is 448 g/mol. The minimum absolute atomic E-state index is 0.0265. The standard InChI is InChI=1S/C20H22ClF4N3O2/c21-14-3-13(4-15(22)5-14)17(30)26-8-12-6-18(7-12)10-28(11-18)9-16(29)27-19(1-2-19)20(23,24)25/h3-5,12H,1-2,6-11H2,(H,26,30)(H,27,29). The van der Waals surface area contributed by atoms with Crippen LogP contribution in [0.2, 0.25) is 5.02 Å². The van der Waals surface area contributed by atoms with Crippen LogP contribution >= 0.6 is 11.6 Å². The predicted octanol–water partition coefficient (Wildman–Crippen LogP) is 3.13. The van der Waals surface area contributed by atoms with Crippen LogP contribution in [0.25, 0.3) is 0 Å². The molecule has 1 spiro atoms. The summed E-state index contributed by atoms with van der Waals surface area (Å²) >= 11 is 5.76. The molecule has 0 atom stereocenters. The molecule has 0 bridgehead atoms. The van der Waals surface area contributed by atoms with E-state index in [0.29, 0.717) is 19.6 Å². The van der Waals surface area contributed by atoms with Gasteiger partial charge < -0.3 is 10.6 Å². The number of carbonyl (C=O) groups is 2. The molecule has 1 heterocycles. The Morgan fingerprint density at radius 1 is 1.17 bits per heavy atom. The summed E-state index contributed by atoms with van der Waals surface area (Å²) in [6.45, 7) is 1.78. The van der Waals surface area contributed by atoms with Gasteiger partial charge in [-0.15, -0.1) is 0 Å². The number of nitrogens with one attached hydrogen (secondary N) is 2. The van der Waals surface area contributed by atoms with E-state index < -0.39 is 23.4 Å². The van der Waals surface area contributed by atoms with Gasteiger partial charge in [0, 0.05) is 30.2 Å². The van der Waals surface area contributed by atoms with E-state index in [-0.39, 0.29) is 47.2 Å². The lowest BCUT2D eigenvalue weighted by atomic mass is 9.57. The summed E-state index contributed by atoms with van der Waals surface area (Å²) in [5, 5.41) is 5.09. The summed E-state index contributed by atoms with van der Waals surface area (Å²) in [5.41, 5.74) is -1.76. The number of nitrogens with zero attached hydrogens (tertiary/aromatic N) is 1. The van der Waals surface area contributed by atoms with Gasteiger partial charge in [-0.3, -0.25) is 14.5 Å². The lowest BCUT2D eigenvalue weighted by Crippen LogP contribution is -2.65. The Hall–Kier alpha value is -1.87. The maximum Gasteiger partial charge on any atom is 0.411 e. The second-order valence-corrected chi connectivity index (χ2v) is 9.35. The first-order valence-corrected chi connectivity index (χ1v) is 10.2. The number of alkyl halides is 3. The Bertz CT molecular complexity index is 838. The van der Waals surface area contributed by atoms with Gasteiger partial charge in [0.1, 0.15) is 11.4 Å². The zero-order valence-corrected chi connectivity index (χ0v) is 16.9. The summed E-state index contributed by atoms with van der Waals surface area (Å²) in [6, 6.07) is 3.66. The highest BCUT2D eigenvalue weighted by Crippen LogP contribution is 2.52. The van der Waals surface area contributed by atoms with Crippen molar-refractivity contribution in [1.82, 2.24) is 15.5 Å². The quantitative estimate of drug-likeness (QED) is 0.659. The van der Waals surface area contributed by atoms with Crippen molar-refractivity contribution < 1.29 is 27.2 Å². The first-order chi connectivity index (χ1) is 14.0. The molecule has 30 heavy (non-hydrogen) atoms. The Labute approximate surface area is 176 Å². The first-order valence-electron chi connectivity index (χ1n) is 9.84. The number of hydrogen-bond donors (Lipinski definition) is 2. The van der Waals surface area contributed by atoms with E-state index in [1.807, 2.05) is 4.90 Å². The largest absolute Gasteiger partial charge is 0.411 e. The van der Waals surface area contributed by atoms with Crippen LogP contribution < -0.4 is 10.6 Å². The number of amides is 2. The molecule has 0 aromatic heterocycles. The molecule has 5 nitrogen and oxygen atoms in total. The van der Waals surface area contributed by atoms with Gasteiger partial charge in [-0.05, 0) is 55.2 Å². The Morgan fingerprint density at radius 2 is 1.83 bits per heavy atom. The van der Waals surface area contributed by atoms with Gasteiger partial charge in [0.25, 0.3) is 5.91 Å². The lowest BCUT2D eigenvalue weighted by molar-refractivity contribution is -0.172. The molecule has 1 aliphatic heterocycles. The van der Waals surface area contributed by atoms with Crippen LogP contribution in [-0.2, 0) is 4.79 Å². The molecule has 4 rings (SSSR count). The molecule has 1 aromatic carbocycles. The van der Waals surface area contributed by atoms with Gasteiger partial charge in [0.15, 0.2) is 0 Å². The lowest BCUT2D eigenvalue weighted by Gasteiger charge is -2.59. The highest BCUT2D eigenvalue weighted by molar-refractivity contribution is 6.31. The van der Waals surface area contributed by atoms with Gasteiger partial charge >= 0.3 is 6.18 Å². The number of benzene rings is 1. The van der Waals surface area contributed by atoms with Crippen LogP contribution in [-0.4, -0.2) is 54.6 Å². The molecule has 2 amide bonds. The minimum atomic E-state index is -4.40. The van der Waals surface area contributed by atoms with Crippen molar-refractivity contribution >= 4 is 23.4 Å². The van der Waals surface area contributed by atoms with E-state index in [9.17, 15) is 27.2 Å². The Balaban J connectivity index is 1.16. The minimum Gasteiger partial charge on any atom is -0.352 e. The van der Waals surface area contributed by atoms with Gasteiger partial charge in [-0.25, -0.2) is 4.39 Å². The fourth-order valence-corrected chi connectivity index (χ4v) is 4.94. The molecule has 3 aliphatic rings. The molecule has 2 saturated carbocycles. The van der Waals surface area contributed by atoms with Crippen LogP contribution in [0, 0.1) is 17.2 Å². The molecular weight excluding hydrogens is 426 g/mol. The number of hydrogen-bond acceptors (Lipinski definition) is 3. The second kappa shape index (κ2) is 7.37. The molecule has 0 unspecified atom stereocenters. The zero-order chi connectivity index (χ0) is 21.7. The van der Waals surface area contributed by atoms with Gasteiger partial charge in [0.2, 0.25) is 5.91 Å². The maximum absolute atomic E-state index is 13.3. The normalized spacial score (nSPS) is 22.2. The molecular formula is C20H22ClF4N3O2. The molecule has 10 heteroatoms. The molecule has 0 radical (unpaired) electrons. The van der Waals surface area contributed by atoms with Crippen molar-refractivity contribution in [2.75, 3.05) is 26.2 Å². The van der Waals surface area contributed by atoms with Crippen molar-refractivity contribution in [3.63, 3.8) is 0 Å². The molecule has 1 aromatic rings. The molecule has 2 N–H and O–H groups in total. The van der Waals surface area contributed by atoms with E-state index in [0.717, 1.165) is 25.0 Å². The van der Waals surface area contributed by atoms with E-state index in [4.69, 9.17) is 11.6 Å². The third kappa shape index (κ3) is 4.27. The summed E-state index contributed by atoms with van der Waals surface area (Å²) in [7, 11) is 0. The highest BCUT2D eigenvalue weighted by atomic mass is 35.5. The van der Waals surface area contributed by atoms with Crippen LogP contribution in [0.15, 0.2) is 18.2 Å². The predicted molar refractivity (Wildman–Crippen MR) is 102 cm³/mol. The van der Waals surface area contributed by atoms with Crippen molar-refractivity contribution in [3.8, 4) is 0 Å². The topological polar surface area (TPSA) is 61.4 Å². The third-order valence-corrected chi connectivity index (χ3v) is 6.49. The average Bonchev–Trinajstić information content (AvgIpc) is 3.34. The van der Waals surface area contributed by atoms with Crippen LogP contribution in [0.4, 0.5) is 17.6 Å². The van der Waals surface area contributed by atoms with E-state index >= 15 is 0 Å². The SMILES string of the molecule is O=C(CN1CC2(CC(CNC(=O)c3cc(F)cc(Cl)c3)C2)C1)NC1(C(F)(F)F)CC1. The number of likely N-dealkylation sites (tertiary alicyclic amines) is 1. The summed E-state index contributed by atoms with van der Waals surface area (Å²) < 4.78 is 52.1. The summed E-state index contributed by atoms with van der Waals surface area (Å²) in [4.78, 5) is 25.9. The van der Waals surface area contributed by atoms with Crippen molar-refractivity contribution in [2.45, 2.75) is 37.4 Å². The fraction of sp³-hybridized carbons (Fsp3) is 0.600. The van der Waals surface area contributed by atoms with Crippen LogP contribution in [0.5, 0.6) is 0 Å². The smallest absolute Gasteiger partial charge is 0.352 e. The second-order valence-electron chi connectivity index (χ2n) is 8.92. The molecule has 1 saturated heterocycles. The van der Waals surface area contributed by atoms with Gasteiger partial charge in [0.05, 0.1) is 6.54 Å².